The van der Waals surface area contributed by atoms with Crippen molar-refractivity contribution in [3.63, 3.8) is 0 Å². The van der Waals surface area contributed by atoms with Gasteiger partial charge in [-0.25, -0.2) is 8.78 Å². The molecular formula is C8H18F2N2. The Morgan fingerprint density at radius 3 is 2.17 bits per heavy atom. The van der Waals surface area contributed by atoms with Gasteiger partial charge in [0.15, 0.2) is 0 Å². The molecule has 0 aromatic carbocycles. The van der Waals surface area contributed by atoms with Crippen LogP contribution in [0.4, 0.5) is 8.78 Å². The second kappa shape index (κ2) is 7.43. The first-order valence-electron chi connectivity index (χ1n) is 4.50. The SMILES string of the molecule is CC.FC(F)CN1CCNCC1. The van der Waals surface area contributed by atoms with Crippen LogP contribution in [0.2, 0.25) is 0 Å². The van der Waals surface area contributed by atoms with Crippen molar-refractivity contribution in [3.8, 4) is 0 Å². The fourth-order valence-electron chi connectivity index (χ4n) is 1.09. The Bertz CT molecular complexity index is 93.1. The molecule has 2 nitrogen and oxygen atoms in total. The second-order valence-electron chi connectivity index (χ2n) is 2.44. The van der Waals surface area contributed by atoms with Crippen molar-refractivity contribution in [1.29, 1.82) is 0 Å². The van der Waals surface area contributed by atoms with Gasteiger partial charge in [0.25, 0.3) is 6.43 Å². The van der Waals surface area contributed by atoms with Crippen LogP contribution in [0.3, 0.4) is 0 Å². The lowest BCUT2D eigenvalue weighted by Crippen LogP contribution is -2.45. The number of hydrogen-bond donors (Lipinski definition) is 1. The molecule has 1 rings (SSSR count). The number of rotatable bonds is 2. The number of piperazine rings is 1. The minimum absolute atomic E-state index is 0.0678. The van der Waals surface area contributed by atoms with Crippen LogP contribution in [0.1, 0.15) is 13.8 Å². The maximum absolute atomic E-state index is 11.8. The van der Waals surface area contributed by atoms with E-state index in [2.05, 4.69) is 5.32 Å². The first kappa shape index (κ1) is 11.8. The van der Waals surface area contributed by atoms with E-state index >= 15 is 0 Å². The highest BCUT2D eigenvalue weighted by Gasteiger charge is 2.13. The van der Waals surface area contributed by atoms with Gasteiger partial charge in [0.2, 0.25) is 0 Å². The topological polar surface area (TPSA) is 15.3 Å². The highest BCUT2D eigenvalue weighted by molar-refractivity contribution is 4.67. The van der Waals surface area contributed by atoms with Crippen molar-refractivity contribution >= 4 is 0 Å². The predicted octanol–water partition coefficient (Wildman–Crippen LogP) is 1.18. The van der Waals surface area contributed by atoms with Gasteiger partial charge in [-0.2, -0.15) is 0 Å². The summed E-state index contributed by atoms with van der Waals surface area (Å²) in [6.45, 7) is 7.12. The molecule has 0 aromatic rings. The summed E-state index contributed by atoms with van der Waals surface area (Å²) in [6, 6.07) is 0. The number of nitrogens with zero attached hydrogens (tertiary/aromatic N) is 1. The highest BCUT2D eigenvalue weighted by Crippen LogP contribution is 1.98. The Labute approximate surface area is 72.9 Å². The summed E-state index contributed by atoms with van der Waals surface area (Å²) in [5, 5.41) is 3.10. The van der Waals surface area contributed by atoms with Crippen molar-refractivity contribution in [1.82, 2.24) is 10.2 Å². The molecular weight excluding hydrogens is 162 g/mol. The molecule has 74 valence electrons. The molecule has 1 fully saturated rings. The molecule has 0 amide bonds. The molecule has 4 heteroatoms. The van der Waals surface area contributed by atoms with Crippen LogP contribution in [0.15, 0.2) is 0 Å². The minimum Gasteiger partial charge on any atom is -0.314 e. The second-order valence-corrected chi connectivity index (χ2v) is 2.44. The predicted molar refractivity (Wildman–Crippen MR) is 46.7 cm³/mol. The molecule has 0 unspecified atom stereocenters. The number of hydrogen-bond acceptors (Lipinski definition) is 2. The van der Waals surface area contributed by atoms with Gasteiger partial charge in [0.05, 0.1) is 6.54 Å². The summed E-state index contributed by atoms with van der Waals surface area (Å²) in [4.78, 5) is 1.78. The average Bonchev–Trinajstić information content (AvgIpc) is 2.08. The van der Waals surface area contributed by atoms with E-state index < -0.39 is 6.43 Å². The molecule has 1 aliphatic rings. The summed E-state index contributed by atoms with van der Waals surface area (Å²) in [6.07, 6.45) is -2.18. The van der Waals surface area contributed by atoms with E-state index in [1.807, 2.05) is 13.8 Å². The van der Waals surface area contributed by atoms with Crippen LogP contribution in [-0.4, -0.2) is 44.0 Å². The molecule has 0 radical (unpaired) electrons. The number of alkyl halides is 2. The maximum atomic E-state index is 11.8. The molecule has 0 spiro atoms. The van der Waals surface area contributed by atoms with Gasteiger partial charge < -0.3 is 5.32 Å². The zero-order valence-corrected chi connectivity index (χ0v) is 7.82. The Kier molecular flexibility index (Phi) is 7.29. The van der Waals surface area contributed by atoms with Crippen molar-refractivity contribution in [2.45, 2.75) is 20.3 Å². The van der Waals surface area contributed by atoms with Gasteiger partial charge in [-0.1, -0.05) is 13.8 Å². The monoisotopic (exact) mass is 180 g/mol. The largest absolute Gasteiger partial charge is 0.314 e. The summed E-state index contributed by atoms with van der Waals surface area (Å²) in [5.41, 5.74) is 0. The zero-order valence-electron chi connectivity index (χ0n) is 7.82. The highest BCUT2D eigenvalue weighted by atomic mass is 19.3. The van der Waals surface area contributed by atoms with E-state index in [1.54, 1.807) is 4.90 Å². The van der Waals surface area contributed by atoms with Crippen LogP contribution in [0.5, 0.6) is 0 Å². The summed E-state index contributed by atoms with van der Waals surface area (Å²) in [7, 11) is 0. The van der Waals surface area contributed by atoms with Crippen molar-refractivity contribution in [3.05, 3.63) is 0 Å². The molecule has 0 bridgehead atoms. The fraction of sp³-hybridized carbons (Fsp3) is 1.00. The standard InChI is InChI=1S/C6H12F2N2.C2H6/c7-6(8)5-10-3-1-9-2-4-10;1-2/h6,9H,1-5H2;1-2H3. The third-order valence-corrected chi connectivity index (χ3v) is 1.61. The van der Waals surface area contributed by atoms with Crippen LogP contribution >= 0.6 is 0 Å². The van der Waals surface area contributed by atoms with Gasteiger partial charge in [-0.05, 0) is 0 Å². The van der Waals surface area contributed by atoms with Crippen LogP contribution in [-0.2, 0) is 0 Å². The van der Waals surface area contributed by atoms with Crippen molar-refractivity contribution < 1.29 is 8.78 Å². The molecule has 0 atom stereocenters. The third-order valence-electron chi connectivity index (χ3n) is 1.61. The zero-order chi connectivity index (χ0) is 9.40. The van der Waals surface area contributed by atoms with E-state index in [1.165, 1.54) is 0 Å². The van der Waals surface area contributed by atoms with Crippen LogP contribution in [0, 0.1) is 0 Å². The molecule has 1 saturated heterocycles. The Balaban J connectivity index is 0.000000561. The van der Waals surface area contributed by atoms with E-state index in [0.717, 1.165) is 26.2 Å². The first-order valence-corrected chi connectivity index (χ1v) is 4.50. The molecule has 1 aliphatic heterocycles. The Morgan fingerprint density at radius 1 is 1.25 bits per heavy atom. The average molecular weight is 180 g/mol. The summed E-state index contributed by atoms with van der Waals surface area (Å²) < 4.78 is 23.5. The van der Waals surface area contributed by atoms with Crippen LogP contribution < -0.4 is 5.32 Å². The Hall–Kier alpha value is -0.220. The minimum atomic E-state index is -2.18. The molecule has 0 aliphatic carbocycles. The lowest BCUT2D eigenvalue weighted by atomic mass is 10.4. The fourth-order valence-corrected chi connectivity index (χ4v) is 1.09. The van der Waals surface area contributed by atoms with Gasteiger partial charge >= 0.3 is 0 Å². The number of nitrogens with one attached hydrogen (secondary N) is 1. The van der Waals surface area contributed by atoms with E-state index in [-0.39, 0.29) is 6.54 Å². The van der Waals surface area contributed by atoms with Gasteiger partial charge in [0.1, 0.15) is 0 Å². The van der Waals surface area contributed by atoms with E-state index in [4.69, 9.17) is 0 Å². The van der Waals surface area contributed by atoms with Gasteiger partial charge in [-0.3, -0.25) is 4.90 Å². The van der Waals surface area contributed by atoms with Gasteiger partial charge in [0, 0.05) is 26.2 Å². The number of halogens is 2. The van der Waals surface area contributed by atoms with Crippen molar-refractivity contribution in [2.24, 2.45) is 0 Å². The quantitative estimate of drug-likeness (QED) is 0.686. The third kappa shape index (κ3) is 5.43. The summed E-state index contributed by atoms with van der Waals surface area (Å²) >= 11 is 0. The lowest BCUT2D eigenvalue weighted by Gasteiger charge is -2.26. The van der Waals surface area contributed by atoms with Crippen LogP contribution in [0.25, 0.3) is 0 Å². The molecule has 1 N–H and O–H groups in total. The van der Waals surface area contributed by atoms with E-state index in [0.29, 0.717) is 0 Å². The molecule has 1 heterocycles. The first-order chi connectivity index (χ1) is 5.79. The molecule has 0 saturated carbocycles. The Morgan fingerprint density at radius 2 is 1.75 bits per heavy atom. The smallest absolute Gasteiger partial charge is 0.251 e. The van der Waals surface area contributed by atoms with E-state index in [9.17, 15) is 8.78 Å². The van der Waals surface area contributed by atoms with Gasteiger partial charge in [-0.15, -0.1) is 0 Å². The van der Waals surface area contributed by atoms with Crippen molar-refractivity contribution in [2.75, 3.05) is 32.7 Å². The molecule has 12 heavy (non-hydrogen) atoms. The molecule has 0 aromatic heterocycles. The normalized spacial score (nSPS) is 18.8. The lowest BCUT2D eigenvalue weighted by molar-refractivity contribution is 0.0822. The maximum Gasteiger partial charge on any atom is 0.251 e. The summed E-state index contributed by atoms with van der Waals surface area (Å²) in [5.74, 6) is 0.